The van der Waals surface area contributed by atoms with Crippen LogP contribution in [0.25, 0.3) is 22.5 Å². The van der Waals surface area contributed by atoms with Crippen LogP contribution >= 0.6 is 0 Å². The maximum atomic E-state index is 12.7. The quantitative estimate of drug-likeness (QED) is 0.258. The van der Waals surface area contributed by atoms with Crippen molar-refractivity contribution in [2.75, 3.05) is 25.0 Å². The molecular formula is C27H39N5O6Si. The molecule has 1 fully saturated rings. The zero-order valence-corrected chi connectivity index (χ0v) is 24.6. The van der Waals surface area contributed by atoms with E-state index in [0.29, 0.717) is 32.0 Å². The number of likely N-dealkylation sites (tertiary alicyclic amines) is 1. The summed E-state index contributed by atoms with van der Waals surface area (Å²) in [5, 5.41) is 13.8. The lowest BCUT2D eigenvalue weighted by Crippen LogP contribution is -2.47. The number of piperidine rings is 1. The lowest BCUT2D eigenvalue weighted by Gasteiger charge is -2.35. The van der Waals surface area contributed by atoms with E-state index in [-0.39, 0.29) is 23.8 Å². The first-order valence-electron chi connectivity index (χ1n) is 13.3. The van der Waals surface area contributed by atoms with Gasteiger partial charge in [0.15, 0.2) is 0 Å². The molecule has 1 aliphatic rings. The van der Waals surface area contributed by atoms with E-state index in [2.05, 4.69) is 34.9 Å². The second-order valence-electron chi connectivity index (χ2n) is 12.2. The molecule has 0 radical (unpaired) electrons. The number of nitrogens with one attached hydrogen (secondary N) is 1. The van der Waals surface area contributed by atoms with Crippen LogP contribution in [0.3, 0.4) is 0 Å². The third-order valence-electron chi connectivity index (χ3n) is 6.38. The highest BCUT2D eigenvalue weighted by Crippen LogP contribution is 2.35. The van der Waals surface area contributed by atoms with Crippen LogP contribution in [0.15, 0.2) is 29.1 Å². The monoisotopic (exact) mass is 557 g/mol. The summed E-state index contributed by atoms with van der Waals surface area (Å²) in [6.07, 6.45) is 6.06. The number of carboxylic acids is 1. The summed E-state index contributed by atoms with van der Waals surface area (Å²) < 4.78 is 19.0. The lowest BCUT2D eigenvalue weighted by atomic mass is 10.0. The highest BCUT2D eigenvalue weighted by molar-refractivity contribution is 6.76. The molecule has 0 bridgehead atoms. The van der Waals surface area contributed by atoms with Gasteiger partial charge in [-0.3, -0.25) is 0 Å². The van der Waals surface area contributed by atoms with Gasteiger partial charge in [-0.2, -0.15) is 0 Å². The summed E-state index contributed by atoms with van der Waals surface area (Å²) >= 11 is 0. The van der Waals surface area contributed by atoms with Crippen LogP contribution < -0.4 is 5.32 Å². The first kappa shape index (κ1) is 28.6. The minimum Gasteiger partial charge on any atom is -0.475 e. The van der Waals surface area contributed by atoms with Gasteiger partial charge in [0.05, 0.1) is 17.4 Å². The van der Waals surface area contributed by atoms with E-state index in [1.54, 1.807) is 11.1 Å². The number of anilines is 1. The predicted molar refractivity (Wildman–Crippen MR) is 151 cm³/mol. The van der Waals surface area contributed by atoms with Crippen molar-refractivity contribution in [3.63, 3.8) is 0 Å². The molecule has 1 saturated heterocycles. The third kappa shape index (κ3) is 7.39. The number of ether oxygens (including phenoxy) is 2. The number of amides is 1. The SMILES string of the molecule is CC(C)(C)OC(=O)N1CCCC(Nc2c(-c3ncc(C(=O)O)o3)cnc3c2ccn3COCC[Si](C)(C)C)C1. The number of aromatic carboxylic acids is 1. The fourth-order valence-electron chi connectivity index (χ4n) is 4.39. The summed E-state index contributed by atoms with van der Waals surface area (Å²) in [5.41, 5.74) is 1.41. The van der Waals surface area contributed by atoms with Crippen LogP contribution in [0.5, 0.6) is 0 Å². The summed E-state index contributed by atoms with van der Waals surface area (Å²) in [6.45, 7) is 14.7. The zero-order chi connectivity index (χ0) is 28.4. The Morgan fingerprint density at radius 1 is 1.23 bits per heavy atom. The van der Waals surface area contributed by atoms with Gasteiger partial charge in [-0.15, -0.1) is 0 Å². The van der Waals surface area contributed by atoms with Crippen molar-refractivity contribution in [1.29, 1.82) is 0 Å². The second kappa shape index (κ2) is 11.4. The van der Waals surface area contributed by atoms with Crippen molar-refractivity contribution in [2.24, 2.45) is 0 Å². The third-order valence-corrected chi connectivity index (χ3v) is 8.09. The van der Waals surface area contributed by atoms with E-state index in [1.165, 1.54) is 6.20 Å². The van der Waals surface area contributed by atoms with Crippen molar-refractivity contribution < 1.29 is 28.6 Å². The Morgan fingerprint density at radius 3 is 2.67 bits per heavy atom. The molecule has 11 nitrogen and oxygen atoms in total. The van der Waals surface area contributed by atoms with Crippen LogP contribution in [0.4, 0.5) is 10.5 Å². The Morgan fingerprint density at radius 2 is 2.00 bits per heavy atom. The summed E-state index contributed by atoms with van der Waals surface area (Å²) in [7, 11) is -1.20. The van der Waals surface area contributed by atoms with Gasteiger partial charge in [-0.1, -0.05) is 19.6 Å². The molecule has 1 unspecified atom stereocenters. The predicted octanol–water partition coefficient (Wildman–Crippen LogP) is 5.51. The van der Waals surface area contributed by atoms with E-state index in [0.717, 1.165) is 35.6 Å². The topological polar surface area (TPSA) is 132 Å². The average Bonchev–Trinajstić information content (AvgIpc) is 3.49. The number of pyridine rings is 1. The Hall–Kier alpha value is -3.38. The summed E-state index contributed by atoms with van der Waals surface area (Å²) in [6, 6.07) is 2.95. The first-order valence-corrected chi connectivity index (χ1v) is 17.0. The maximum Gasteiger partial charge on any atom is 0.410 e. The summed E-state index contributed by atoms with van der Waals surface area (Å²) in [5.74, 6) is -1.29. The number of carbonyl (C=O) groups is 2. The number of hydrogen-bond acceptors (Lipinski definition) is 8. The molecule has 1 atom stereocenters. The number of aromatic nitrogens is 3. The highest BCUT2D eigenvalue weighted by Gasteiger charge is 2.29. The van der Waals surface area contributed by atoms with E-state index >= 15 is 0 Å². The normalized spacial score (nSPS) is 16.5. The maximum absolute atomic E-state index is 12.7. The minimum absolute atomic E-state index is 0.0686. The van der Waals surface area contributed by atoms with Crippen molar-refractivity contribution in [3.8, 4) is 11.5 Å². The van der Waals surface area contributed by atoms with E-state index in [9.17, 15) is 14.7 Å². The number of carbonyl (C=O) groups excluding carboxylic acids is 1. The second-order valence-corrected chi connectivity index (χ2v) is 17.8. The van der Waals surface area contributed by atoms with Crippen LogP contribution in [0.1, 0.15) is 44.2 Å². The molecule has 0 spiro atoms. The summed E-state index contributed by atoms with van der Waals surface area (Å²) in [4.78, 5) is 34.7. The number of fused-ring (bicyclic) bond motifs is 1. The molecule has 212 valence electrons. The van der Waals surface area contributed by atoms with Crippen molar-refractivity contribution in [1.82, 2.24) is 19.4 Å². The minimum atomic E-state index is -1.20. The smallest absolute Gasteiger partial charge is 0.410 e. The number of nitrogens with zero attached hydrogens (tertiary/aromatic N) is 4. The molecule has 0 aromatic carbocycles. The lowest BCUT2D eigenvalue weighted by molar-refractivity contribution is 0.0206. The molecule has 3 aromatic heterocycles. The number of oxazole rings is 1. The molecular weight excluding hydrogens is 518 g/mol. The van der Waals surface area contributed by atoms with Gasteiger partial charge in [0.25, 0.3) is 0 Å². The standard InChI is InChI=1S/C27H39N5O6Si/c1-27(2,3)38-26(35)31-10-7-8-18(16-31)30-22-19-9-11-32(17-36-12-13-39(4,5)6)23(19)28-14-20(22)24-29-15-21(37-24)25(33)34/h9,11,14-15,18H,7-8,10,12-13,16-17H2,1-6H3,(H,28,30)(H,33,34). The van der Waals surface area contributed by atoms with Crippen molar-refractivity contribution in [3.05, 3.63) is 30.4 Å². The number of hydrogen-bond donors (Lipinski definition) is 2. The van der Waals surface area contributed by atoms with E-state index < -0.39 is 19.6 Å². The van der Waals surface area contributed by atoms with Gasteiger partial charge in [-0.05, 0) is 45.7 Å². The fourth-order valence-corrected chi connectivity index (χ4v) is 5.15. The Balaban J connectivity index is 1.62. The van der Waals surface area contributed by atoms with Gasteiger partial charge in [0, 0.05) is 51.6 Å². The molecule has 39 heavy (non-hydrogen) atoms. The number of rotatable bonds is 9. The molecule has 4 rings (SSSR count). The van der Waals surface area contributed by atoms with Gasteiger partial charge < -0.3 is 33.8 Å². The molecule has 4 heterocycles. The molecule has 1 aliphatic heterocycles. The first-order chi connectivity index (χ1) is 18.3. The van der Waals surface area contributed by atoms with E-state index in [1.807, 2.05) is 37.6 Å². The highest BCUT2D eigenvalue weighted by atomic mass is 28.3. The fraction of sp³-hybridized carbons (Fsp3) is 0.556. The van der Waals surface area contributed by atoms with Crippen LogP contribution in [-0.2, 0) is 16.2 Å². The van der Waals surface area contributed by atoms with Crippen molar-refractivity contribution >= 4 is 36.9 Å². The van der Waals surface area contributed by atoms with Gasteiger partial charge in [0.2, 0.25) is 11.7 Å². The molecule has 3 aromatic rings. The Labute approximate surface area is 229 Å². The van der Waals surface area contributed by atoms with Crippen molar-refractivity contribution in [2.45, 2.75) is 77.7 Å². The van der Waals surface area contributed by atoms with Gasteiger partial charge >= 0.3 is 12.1 Å². The van der Waals surface area contributed by atoms with Crippen LogP contribution in [-0.4, -0.2) is 76.0 Å². The van der Waals surface area contributed by atoms with Gasteiger partial charge in [0.1, 0.15) is 18.0 Å². The molecule has 0 saturated carbocycles. The molecule has 2 N–H and O–H groups in total. The zero-order valence-electron chi connectivity index (χ0n) is 23.6. The molecule has 1 amide bonds. The van der Waals surface area contributed by atoms with E-state index in [4.69, 9.17) is 13.9 Å². The molecule has 12 heteroatoms. The molecule has 0 aliphatic carbocycles. The van der Waals surface area contributed by atoms with Crippen LogP contribution in [0, 0.1) is 0 Å². The number of carboxylic acid groups (broad SMARTS) is 1. The largest absolute Gasteiger partial charge is 0.475 e. The van der Waals surface area contributed by atoms with Gasteiger partial charge in [-0.25, -0.2) is 19.6 Å². The Kier molecular flexibility index (Phi) is 8.36. The average molecular weight is 558 g/mol. The van der Waals surface area contributed by atoms with Crippen LogP contribution in [0.2, 0.25) is 25.7 Å². The Bertz CT molecular complexity index is 1320.